The second kappa shape index (κ2) is 10.5. The Morgan fingerprint density at radius 1 is 1.03 bits per heavy atom. The van der Waals surface area contributed by atoms with E-state index in [9.17, 15) is 14.7 Å². The highest BCUT2D eigenvalue weighted by atomic mass is 16.5. The van der Waals surface area contributed by atoms with Crippen molar-refractivity contribution in [2.24, 2.45) is 7.05 Å². The number of fused-ring (bicyclic) bond motifs is 2. The van der Waals surface area contributed by atoms with Crippen molar-refractivity contribution in [3.8, 4) is 11.5 Å². The summed E-state index contributed by atoms with van der Waals surface area (Å²) in [7, 11) is 3.30. The number of rotatable bonds is 8. The molecule has 5 aromatic rings. The first-order valence-electron chi connectivity index (χ1n) is 12.6. The minimum Gasteiger partial charge on any atom is -0.507 e. The highest BCUT2D eigenvalue weighted by Gasteiger charge is 2.30. The predicted octanol–water partition coefficient (Wildman–Crippen LogP) is 5.41. The summed E-state index contributed by atoms with van der Waals surface area (Å²) >= 11 is 0. The van der Waals surface area contributed by atoms with Crippen LogP contribution in [0.5, 0.6) is 11.5 Å². The smallest absolute Gasteiger partial charge is 0.306 e. The molecule has 2 aromatic heterocycles. The number of aromatic nitrogens is 2. The number of hydrogen-bond acceptors (Lipinski definition) is 5. The van der Waals surface area contributed by atoms with Gasteiger partial charge in [0.05, 0.1) is 30.7 Å². The molecule has 7 heteroatoms. The molecule has 1 atom stereocenters. The molecule has 0 spiro atoms. The molecule has 3 aromatic carbocycles. The minimum atomic E-state index is -0.655. The van der Waals surface area contributed by atoms with E-state index >= 15 is 0 Å². The van der Waals surface area contributed by atoms with Gasteiger partial charge in [0, 0.05) is 35.5 Å². The van der Waals surface area contributed by atoms with Gasteiger partial charge in [-0.15, -0.1) is 0 Å². The standard InChI is InChI=1S/C31H30N2O5/c1-4-38-26(34)17-16-22-21-12-5-7-14-24(21)32-29(22)27(19-10-9-11-20(18-19)37-3)28-30(35)23-13-6-8-15-25(23)33(2)31(28)36/h5-15,18,27,32,35H,4,16-17H2,1-3H3. The van der Waals surface area contributed by atoms with E-state index in [1.54, 1.807) is 25.6 Å². The Morgan fingerprint density at radius 3 is 2.53 bits per heavy atom. The number of aromatic hydroxyl groups is 1. The maximum Gasteiger partial charge on any atom is 0.306 e. The molecule has 0 saturated heterocycles. The number of esters is 1. The molecular formula is C31H30N2O5. The molecule has 2 N–H and O–H groups in total. The number of ether oxygens (including phenoxy) is 2. The van der Waals surface area contributed by atoms with Crippen molar-refractivity contribution in [2.45, 2.75) is 25.7 Å². The van der Waals surface area contributed by atoms with Crippen molar-refractivity contribution < 1.29 is 19.4 Å². The van der Waals surface area contributed by atoms with E-state index in [0.717, 1.165) is 27.7 Å². The lowest BCUT2D eigenvalue weighted by Crippen LogP contribution is -2.25. The van der Waals surface area contributed by atoms with Gasteiger partial charge in [-0.3, -0.25) is 9.59 Å². The molecule has 0 fully saturated rings. The molecule has 0 radical (unpaired) electrons. The summed E-state index contributed by atoms with van der Waals surface area (Å²) in [5.41, 5.74) is 3.89. The van der Waals surface area contributed by atoms with Gasteiger partial charge in [0.2, 0.25) is 0 Å². The number of H-pyrrole nitrogens is 1. The highest BCUT2D eigenvalue weighted by Crippen LogP contribution is 2.41. The fraction of sp³-hybridized carbons (Fsp3) is 0.226. The Labute approximate surface area is 220 Å². The Hall–Kier alpha value is -4.52. The molecule has 0 saturated carbocycles. The monoisotopic (exact) mass is 510 g/mol. The van der Waals surface area contributed by atoms with Gasteiger partial charge in [0.15, 0.2) is 0 Å². The molecule has 7 nitrogen and oxygen atoms in total. The largest absolute Gasteiger partial charge is 0.507 e. The maximum atomic E-state index is 13.9. The number of carbonyl (C=O) groups is 1. The first-order chi connectivity index (χ1) is 18.4. The van der Waals surface area contributed by atoms with Gasteiger partial charge in [-0.25, -0.2) is 0 Å². The van der Waals surface area contributed by atoms with Gasteiger partial charge < -0.3 is 24.1 Å². The van der Waals surface area contributed by atoms with Gasteiger partial charge >= 0.3 is 5.97 Å². The number of methoxy groups -OCH3 is 1. The maximum absolute atomic E-state index is 13.9. The molecule has 194 valence electrons. The molecule has 0 bridgehead atoms. The van der Waals surface area contributed by atoms with Crippen molar-refractivity contribution in [1.82, 2.24) is 9.55 Å². The van der Waals surface area contributed by atoms with Crippen molar-refractivity contribution in [1.29, 1.82) is 0 Å². The zero-order valence-corrected chi connectivity index (χ0v) is 21.7. The van der Waals surface area contributed by atoms with E-state index in [2.05, 4.69) is 4.98 Å². The SMILES string of the molecule is CCOC(=O)CCc1c(C(c2cccc(OC)c2)c2c(O)c3ccccc3n(C)c2=O)[nH]c2ccccc12. The van der Waals surface area contributed by atoms with Gasteiger partial charge in [-0.2, -0.15) is 0 Å². The number of para-hydroxylation sites is 2. The lowest BCUT2D eigenvalue weighted by molar-refractivity contribution is -0.143. The molecule has 2 heterocycles. The van der Waals surface area contributed by atoms with Crippen molar-refractivity contribution in [3.63, 3.8) is 0 Å². The number of nitrogens with one attached hydrogen (secondary N) is 1. The third kappa shape index (κ3) is 4.41. The second-order valence-electron chi connectivity index (χ2n) is 9.22. The first-order valence-corrected chi connectivity index (χ1v) is 12.6. The van der Waals surface area contributed by atoms with E-state index in [4.69, 9.17) is 9.47 Å². The van der Waals surface area contributed by atoms with Crippen LogP contribution in [0.2, 0.25) is 0 Å². The predicted molar refractivity (Wildman–Crippen MR) is 148 cm³/mol. The van der Waals surface area contributed by atoms with Crippen LogP contribution in [0.1, 0.15) is 41.6 Å². The summed E-state index contributed by atoms with van der Waals surface area (Å²) in [5.74, 6) is -0.371. The van der Waals surface area contributed by atoms with Crippen LogP contribution in [0.15, 0.2) is 77.6 Å². The quantitative estimate of drug-likeness (QED) is 0.272. The van der Waals surface area contributed by atoms with Gasteiger partial charge in [0.25, 0.3) is 5.56 Å². The van der Waals surface area contributed by atoms with Crippen molar-refractivity contribution in [2.75, 3.05) is 13.7 Å². The molecule has 0 aliphatic rings. The van der Waals surface area contributed by atoms with E-state index < -0.39 is 5.92 Å². The number of benzene rings is 3. The van der Waals surface area contributed by atoms with Crippen LogP contribution in [0.3, 0.4) is 0 Å². The Morgan fingerprint density at radius 2 is 1.76 bits per heavy atom. The summed E-state index contributed by atoms with van der Waals surface area (Å²) in [6.45, 7) is 2.10. The van der Waals surface area contributed by atoms with Crippen LogP contribution in [0.4, 0.5) is 0 Å². The molecule has 38 heavy (non-hydrogen) atoms. The molecule has 0 aliphatic heterocycles. The number of hydrogen-bond donors (Lipinski definition) is 2. The number of pyridine rings is 1. The molecule has 0 amide bonds. The van der Waals surface area contributed by atoms with Crippen LogP contribution in [-0.2, 0) is 23.0 Å². The normalized spacial score (nSPS) is 12.1. The average molecular weight is 511 g/mol. The van der Waals surface area contributed by atoms with Gasteiger partial charge in [0.1, 0.15) is 11.5 Å². The van der Waals surface area contributed by atoms with Gasteiger partial charge in [-0.1, -0.05) is 42.5 Å². The molecule has 0 aliphatic carbocycles. The molecule has 1 unspecified atom stereocenters. The summed E-state index contributed by atoms with van der Waals surface area (Å²) in [5, 5.41) is 13.1. The Balaban J connectivity index is 1.82. The van der Waals surface area contributed by atoms with E-state index in [1.165, 1.54) is 0 Å². The summed E-state index contributed by atoms with van der Waals surface area (Å²) < 4.78 is 12.3. The molecular weight excluding hydrogens is 480 g/mol. The minimum absolute atomic E-state index is 0.0634. The van der Waals surface area contributed by atoms with E-state index in [0.29, 0.717) is 29.7 Å². The number of carbonyl (C=O) groups excluding carboxylic acids is 1. The average Bonchev–Trinajstić information content (AvgIpc) is 3.31. The highest BCUT2D eigenvalue weighted by molar-refractivity contribution is 5.89. The second-order valence-corrected chi connectivity index (χ2v) is 9.22. The summed E-state index contributed by atoms with van der Waals surface area (Å²) in [4.78, 5) is 29.8. The molecule has 5 rings (SSSR count). The summed E-state index contributed by atoms with van der Waals surface area (Å²) in [6.07, 6.45) is 0.600. The number of aromatic amines is 1. The van der Waals surface area contributed by atoms with Crippen LogP contribution in [-0.4, -0.2) is 34.3 Å². The Bertz CT molecular complexity index is 1700. The van der Waals surface area contributed by atoms with E-state index in [-0.39, 0.29) is 29.3 Å². The van der Waals surface area contributed by atoms with E-state index in [1.807, 2.05) is 72.8 Å². The number of nitrogens with zero attached hydrogens (tertiary/aromatic N) is 1. The van der Waals surface area contributed by atoms with Gasteiger partial charge in [-0.05, 0) is 54.8 Å². The van der Waals surface area contributed by atoms with Crippen LogP contribution >= 0.6 is 0 Å². The summed E-state index contributed by atoms with van der Waals surface area (Å²) in [6, 6.07) is 22.6. The first kappa shape index (κ1) is 25.1. The topological polar surface area (TPSA) is 93.6 Å². The van der Waals surface area contributed by atoms with Crippen molar-refractivity contribution in [3.05, 3.63) is 106 Å². The zero-order valence-electron chi connectivity index (χ0n) is 21.7. The van der Waals surface area contributed by atoms with Crippen LogP contribution < -0.4 is 10.3 Å². The third-order valence-corrected chi connectivity index (χ3v) is 7.05. The lowest BCUT2D eigenvalue weighted by atomic mass is 9.84. The lowest BCUT2D eigenvalue weighted by Gasteiger charge is -2.22. The van der Waals surface area contributed by atoms with Crippen LogP contribution in [0.25, 0.3) is 21.8 Å². The number of aryl methyl sites for hydroxylation is 2. The van der Waals surface area contributed by atoms with Crippen molar-refractivity contribution >= 4 is 27.8 Å². The zero-order chi connectivity index (χ0) is 26.8. The third-order valence-electron chi connectivity index (χ3n) is 7.05. The Kier molecular flexibility index (Phi) is 6.92. The van der Waals surface area contributed by atoms with Crippen LogP contribution in [0, 0.1) is 0 Å². The fourth-order valence-electron chi connectivity index (χ4n) is 5.26. The fourth-order valence-corrected chi connectivity index (χ4v) is 5.26.